The maximum Gasteiger partial charge on any atom is 0.254 e. The third-order valence-corrected chi connectivity index (χ3v) is 5.59. The van der Waals surface area contributed by atoms with E-state index in [2.05, 4.69) is 10.9 Å². The number of amides is 2. The molecule has 5 rings (SSSR count). The summed E-state index contributed by atoms with van der Waals surface area (Å²) < 4.78 is 16.1. The molecule has 29 heavy (non-hydrogen) atoms. The number of carbonyl (C=O) groups excluding carboxylic acids is 2. The van der Waals surface area contributed by atoms with Crippen molar-refractivity contribution in [1.82, 2.24) is 20.7 Å². The standard InChI is InChI=1S/C20H22N4O5/c25-19(13-3-4-17-18(10-13)29-12-28-17)23-5-7-24(8-6-23)20(26)15-11-14(21-22-15)16-2-1-9-27-16/h1-4,9-10,14-15,21-22H,5-8,11-12H2. The second-order valence-corrected chi connectivity index (χ2v) is 7.33. The number of piperazine rings is 1. The summed E-state index contributed by atoms with van der Waals surface area (Å²) in [5.41, 5.74) is 6.76. The molecule has 0 spiro atoms. The van der Waals surface area contributed by atoms with Gasteiger partial charge in [-0.3, -0.25) is 9.59 Å². The monoisotopic (exact) mass is 398 g/mol. The Morgan fingerprint density at radius 3 is 2.55 bits per heavy atom. The smallest absolute Gasteiger partial charge is 0.254 e. The maximum absolute atomic E-state index is 12.8. The van der Waals surface area contributed by atoms with Crippen LogP contribution in [0.3, 0.4) is 0 Å². The summed E-state index contributed by atoms with van der Waals surface area (Å²) in [6.45, 7) is 2.21. The van der Waals surface area contributed by atoms with Crippen LogP contribution in [0.1, 0.15) is 28.6 Å². The van der Waals surface area contributed by atoms with Crippen molar-refractivity contribution in [3.05, 3.63) is 47.9 Å². The van der Waals surface area contributed by atoms with Gasteiger partial charge in [0.15, 0.2) is 11.5 Å². The van der Waals surface area contributed by atoms with Gasteiger partial charge in [0.2, 0.25) is 12.7 Å². The van der Waals surface area contributed by atoms with E-state index < -0.39 is 0 Å². The molecule has 2 N–H and O–H groups in total. The number of hydrazine groups is 1. The molecule has 9 nitrogen and oxygen atoms in total. The van der Waals surface area contributed by atoms with E-state index >= 15 is 0 Å². The Morgan fingerprint density at radius 1 is 0.966 bits per heavy atom. The molecule has 1 aromatic heterocycles. The highest BCUT2D eigenvalue weighted by Crippen LogP contribution is 2.33. The van der Waals surface area contributed by atoms with Crippen molar-refractivity contribution in [2.24, 2.45) is 0 Å². The number of carbonyl (C=O) groups is 2. The van der Waals surface area contributed by atoms with Crippen LogP contribution in [0.4, 0.5) is 0 Å². The highest BCUT2D eigenvalue weighted by atomic mass is 16.7. The first-order chi connectivity index (χ1) is 14.2. The van der Waals surface area contributed by atoms with Crippen LogP contribution in [0.2, 0.25) is 0 Å². The number of fused-ring (bicyclic) bond motifs is 1. The van der Waals surface area contributed by atoms with Crippen LogP contribution < -0.4 is 20.3 Å². The van der Waals surface area contributed by atoms with Gasteiger partial charge in [-0.05, 0) is 36.8 Å². The van der Waals surface area contributed by atoms with E-state index in [1.54, 1.807) is 29.4 Å². The van der Waals surface area contributed by atoms with E-state index in [0.717, 1.165) is 5.76 Å². The quantitative estimate of drug-likeness (QED) is 0.793. The molecule has 2 saturated heterocycles. The van der Waals surface area contributed by atoms with Crippen LogP contribution in [-0.4, -0.2) is 60.6 Å². The highest BCUT2D eigenvalue weighted by molar-refractivity contribution is 5.95. The van der Waals surface area contributed by atoms with Gasteiger partial charge in [-0.1, -0.05) is 0 Å². The lowest BCUT2D eigenvalue weighted by molar-refractivity contribution is -0.134. The number of nitrogens with zero attached hydrogens (tertiary/aromatic N) is 2. The predicted molar refractivity (Wildman–Crippen MR) is 101 cm³/mol. The number of hydrogen-bond donors (Lipinski definition) is 2. The Kier molecular flexibility index (Phi) is 4.61. The molecule has 3 aliphatic heterocycles. The summed E-state index contributed by atoms with van der Waals surface area (Å²) in [4.78, 5) is 29.2. The van der Waals surface area contributed by atoms with Gasteiger partial charge < -0.3 is 23.7 Å². The maximum atomic E-state index is 12.8. The van der Waals surface area contributed by atoms with Gasteiger partial charge in [0.25, 0.3) is 5.91 Å². The second-order valence-electron chi connectivity index (χ2n) is 7.33. The first-order valence-electron chi connectivity index (χ1n) is 9.71. The Bertz CT molecular complexity index is 908. The lowest BCUT2D eigenvalue weighted by atomic mass is 10.1. The molecular formula is C20H22N4O5. The summed E-state index contributed by atoms with van der Waals surface area (Å²) in [5.74, 6) is 2.04. The Hall–Kier alpha value is -3.04. The zero-order chi connectivity index (χ0) is 19.8. The minimum atomic E-state index is -0.304. The molecule has 152 valence electrons. The number of nitrogens with one attached hydrogen (secondary N) is 2. The molecule has 1 aromatic carbocycles. The number of hydrogen-bond acceptors (Lipinski definition) is 7. The summed E-state index contributed by atoms with van der Waals surface area (Å²) in [6, 6.07) is 8.62. The lowest BCUT2D eigenvalue weighted by Gasteiger charge is -2.36. The second kappa shape index (κ2) is 7.41. The van der Waals surface area contributed by atoms with Gasteiger partial charge in [0.05, 0.1) is 12.3 Å². The SMILES string of the molecule is O=C(c1ccc2c(c1)OCO2)N1CCN(C(=O)C2CC(c3ccco3)NN2)CC1. The van der Waals surface area contributed by atoms with Crippen molar-refractivity contribution in [3.63, 3.8) is 0 Å². The number of furan rings is 1. The Morgan fingerprint density at radius 2 is 1.76 bits per heavy atom. The predicted octanol–water partition coefficient (Wildman–Crippen LogP) is 0.900. The molecule has 4 heterocycles. The number of rotatable bonds is 3. The normalized spacial score (nSPS) is 23.4. The van der Waals surface area contributed by atoms with Crippen LogP contribution >= 0.6 is 0 Å². The van der Waals surface area contributed by atoms with E-state index in [0.29, 0.717) is 49.7 Å². The third kappa shape index (κ3) is 3.43. The molecule has 2 aromatic rings. The average Bonchev–Trinajstić information content (AvgIpc) is 3.53. The fourth-order valence-electron chi connectivity index (χ4n) is 3.96. The third-order valence-electron chi connectivity index (χ3n) is 5.59. The van der Waals surface area contributed by atoms with E-state index in [4.69, 9.17) is 13.9 Å². The molecule has 2 atom stereocenters. The van der Waals surface area contributed by atoms with Crippen LogP contribution in [0, 0.1) is 0 Å². The Labute approximate surface area is 167 Å². The number of benzene rings is 1. The molecule has 2 amide bonds. The van der Waals surface area contributed by atoms with Crippen LogP contribution in [-0.2, 0) is 4.79 Å². The fourth-order valence-corrected chi connectivity index (χ4v) is 3.96. The lowest BCUT2D eigenvalue weighted by Crippen LogP contribution is -2.54. The molecule has 0 aliphatic carbocycles. The molecule has 2 unspecified atom stereocenters. The highest BCUT2D eigenvalue weighted by Gasteiger charge is 2.35. The van der Waals surface area contributed by atoms with Gasteiger partial charge in [-0.25, -0.2) is 10.9 Å². The topological polar surface area (TPSA) is 96.3 Å². The van der Waals surface area contributed by atoms with E-state index in [9.17, 15) is 9.59 Å². The van der Waals surface area contributed by atoms with Gasteiger partial charge in [-0.15, -0.1) is 0 Å². The summed E-state index contributed by atoms with van der Waals surface area (Å²) in [7, 11) is 0. The van der Waals surface area contributed by atoms with E-state index in [-0.39, 0.29) is 30.7 Å². The van der Waals surface area contributed by atoms with Crippen molar-refractivity contribution >= 4 is 11.8 Å². The minimum Gasteiger partial charge on any atom is -0.468 e. The molecular weight excluding hydrogens is 376 g/mol. The first-order valence-corrected chi connectivity index (χ1v) is 9.71. The zero-order valence-electron chi connectivity index (χ0n) is 15.8. The first kappa shape index (κ1) is 18.0. The van der Waals surface area contributed by atoms with Crippen molar-refractivity contribution in [2.45, 2.75) is 18.5 Å². The van der Waals surface area contributed by atoms with Crippen molar-refractivity contribution in [2.75, 3.05) is 33.0 Å². The molecule has 2 fully saturated rings. The molecule has 9 heteroatoms. The molecule has 0 bridgehead atoms. The van der Waals surface area contributed by atoms with Crippen molar-refractivity contribution in [3.8, 4) is 11.5 Å². The molecule has 0 radical (unpaired) electrons. The van der Waals surface area contributed by atoms with Gasteiger partial charge in [-0.2, -0.15) is 0 Å². The van der Waals surface area contributed by atoms with Gasteiger partial charge in [0.1, 0.15) is 11.8 Å². The van der Waals surface area contributed by atoms with Gasteiger partial charge in [0, 0.05) is 31.7 Å². The summed E-state index contributed by atoms with van der Waals surface area (Å²) in [6.07, 6.45) is 2.26. The fraction of sp³-hybridized carbons (Fsp3) is 0.400. The van der Waals surface area contributed by atoms with Crippen molar-refractivity contribution < 1.29 is 23.5 Å². The Balaban J connectivity index is 1.16. The van der Waals surface area contributed by atoms with Crippen molar-refractivity contribution in [1.29, 1.82) is 0 Å². The number of ether oxygens (including phenoxy) is 2. The summed E-state index contributed by atoms with van der Waals surface area (Å²) >= 11 is 0. The largest absolute Gasteiger partial charge is 0.468 e. The summed E-state index contributed by atoms with van der Waals surface area (Å²) in [5, 5.41) is 0. The van der Waals surface area contributed by atoms with E-state index in [1.807, 2.05) is 17.0 Å². The molecule has 3 aliphatic rings. The van der Waals surface area contributed by atoms with Crippen LogP contribution in [0.15, 0.2) is 41.0 Å². The molecule has 0 saturated carbocycles. The van der Waals surface area contributed by atoms with Gasteiger partial charge >= 0.3 is 0 Å². The van der Waals surface area contributed by atoms with Crippen LogP contribution in [0.25, 0.3) is 0 Å². The zero-order valence-corrected chi connectivity index (χ0v) is 15.8. The van der Waals surface area contributed by atoms with E-state index in [1.165, 1.54) is 0 Å². The average molecular weight is 398 g/mol. The minimum absolute atomic E-state index is 0.0205. The van der Waals surface area contributed by atoms with Crippen LogP contribution in [0.5, 0.6) is 11.5 Å².